The maximum Gasteiger partial charge on any atom is 0.343 e. The molecule has 0 N–H and O–H groups in total. The predicted octanol–water partition coefficient (Wildman–Crippen LogP) is 4.01. The number of halogens is 1. The predicted molar refractivity (Wildman–Crippen MR) is 117 cm³/mol. The molecule has 4 rings (SSSR count). The van der Waals surface area contributed by atoms with Gasteiger partial charge in [0.1, 0.15) is 18.9 Å². The van der Waals surface area contributed by atoms with Gasteiger partial charge in [0.05, 0.1) is 16.7 Å². The van der Waals surface area contributed by atoms with E-state index in [0.717, 1.165) is 4.90 Å². The Labute approximate surface area is 191 Å². The number of amides is 2. The van der Waals surface area contributed by atoms with Crippen molar-refractivity contribution in [2.45, 2.75) is 6.61 Å². The van der Waals surface area contributed by atoms with Crippen LogP contribution in [0.15, 0.2) is 77.3 Å². The number of carbonyl (C=O) groups is 4. The normalized spacial score (nSPS) is 12.5. The number of para-hydroxylation sites is 1. The van der Waals surface area contributed by atoms with Gasteiger partial charge in [-0.05, 0) is 48.0 Å². The molecule has 1 heterocycles. The number of rotatable bonds is 6. The summed E-state index contributed by atoms with van der Waals surface area (Å²) in [7, 11) is 0. The largest absolute Gasteiger partial charge is 0.459 e. The number of benzene rings is 3. The standard InChI is InChI=1S/C24H16BrNO6/c25-17-9-10-19-20(12-17)23(29)26(22(19)28)13-21(27)31-14-15-5-4-6-16(11-15)24(30)32-18-7-2-1-3-8-18/h1-12H,13-14H2. The number of hydrogen-bond acceptors (Lipinski definition) is 6. The molecule has 0 radical (unpaired) electrons. The van der Waals surface area contributed by atoms with Crippen LogP contribution in [0, 0.1) is 0 Å². The highest BCUT2D eigenvalue weighted by Gasteiger charge is 2.37. The Balaban J connectivity index is 1.36. The molecule has 0 bridgehead atoms. The number of nitrogens with zero attached hydrogens (tertiary/aromatic N) is 1. The maximum absolute atomic E-state index is 12.5. The van der Waals surface area contributed by atoms with Gasteiger partial charge in [0, 0.05) is 4.47 Å². The number of ether oxygens (including phenoxy) is 2. The van der Waals surface area contributed by atoms with E-state index in [1.807, 2.05) is 6.07 Å². The van der Waals surface area contributed by atoms with Crippen LogP contribution in [0.3, 0.4) is 0 Å². The Hall–Kier alpha value is -3.78. The zero-order valence-electron chi connectivity index (χ0n) is 16.6. The van der Waals surface area contributed by atoms with Crippen molar-refractivity contribution >= 4 is 39.7 Å². The molecule has 7 nitrogen and oxygen atoms in total. The molecule has 2 amide bonds. The molecule has 0 atom stereocenters. The lowest BCUT2D eigenvalue weighted by atomic mass is 10.1. The first-order valence-electron chi connectivity index (χ1n) is 9.60. The van der Waals surface area contributed by atoms with E-state index in [2.05, 4.69) is 15.9 Å². The van der Waals surface area contributed by atoms with E-state index < -0.39 is 30.3 Å². The summed E-state index contributed by atoms with van der Waals surface area (Å²) in [5.41, 5.74) is 1.35. The average Bonchev–Trinajstić information content (AvgIpc) is 3.02. The van der Waals surface area contributed by atoms with E-state index in [-0.39, 0.29) is 17.7 Å². The zero-order chi connectivity index (χ0) is 22.7. The summed E-state index contributed by atoms with van der Waals surface area (Å²) in [5, 5.41) is 0. The third-order valence-corrected chi connectivity index (χ3v) is 5.23. The summed E-state index contributed by atoms with van der Waals surface area (Å²) >= 11 is 3.26. The lowest BCUT2D eigenvalue weighted by Gasteiger charge is -2.13. The molecule has 0 spiro atoms. The first-order chi connectivity index (χ1) is 15.4. The van der Waals surface area contributed by atoms with Crippen molar-refractivity contribution in [3.05, 3.63) is 99.5 Å². The number of imide groups is 1. The van der Waals surface area contributed by atoms with Crippen LogP contribution in [0.2, 0.25) is 0 Å². The van der Waals surface area contributed by atoms with Gasteiger partial charge < -0.3 is 9.47 Å². The Bertz CT molecular complexity index is 1220. The highest BCUT2D eigenvalue weighted by molar-refractivity contribution is 9.10. The van der Waals surface area contributed by atoms with E-state index in [9.17, 15) is 19.2 Å². The van der Waals surface area contributed by atoms with Gasteiger partial charge in [-0.25, -0.2) is 4.79 Å². The fourth-order valence-electron chi connectivity index (χ4n) is 3.19. The van der Waals surface area contributed by atoms with Crippen LogP contribution >= 0.6 is 15.9 Å². The van der Waals surface area contributed by atoms with E-state index in [4.69, 9.17) is 9.47 Å². The van der Waals surface area contributed by atoms with Crippen LogP contribution in [-0.2, 0) is 16.1 Å². The molecule has 3 aromatic carbocycles. The van der Waals surface area contributed by atoms with Crippen LogP contribution in [0.25, 0.3) is 0 Å². The van der Waals surface area contributed by atoms with Gasteiger partial charge in [-0.3, -0.25) is 19.3 Å². The van der Waals surface area contributed by atoms with Crippen molar-refractivity contribution in [2.24, 2.45) is 0 Å². The summed E-state index contributed by atoms with van der Waals surface area (Å²) in [4.78, 5) is 50.3. The smallest absolute Gasteiger partial charge is 0.343 e. The number of carbonyl (C=O) groups excluding carboxylic acids is 4. The summed E-state index contributed by atoms with van der Waals surface area (Å²) < 4.78 is 11.2. The average molecular weight is 494 g/mol. The number of hydrogen-bond donors (Lipinski definition) is 0. The molecular weight excluding hydrogens is 478 g/mol. The second-order valence-electron chi connectivity index (χ2n) is 6.95. The van der Waals surface area contributed by atoms with E-state index in [1.165, 1.54) is 6.07 Å². The van der Waals surface area contributed by atoms with Crippen molar-refractivity contribution in [1.82, 2.24) is 4.90 Å². The molecule has 1 aliphatic rings. The Morgan fingerprint density at radius 2 is 1.59 bits per heavy atom. The zero-order valence-corrected chi connectivity index (χ0v) is 18.2. The van der Waals surface area contributed by atoms with E-state index >= 15 is 0 Å². The molecule has 0 unspecified atom stereocenters. The number of fused-ring (bicyclic) bond motifs is 1. The molecule has 0 fully saturated rings. The van der Waals surface area contributed by atoms with Crippen LogP contribution in [-0.4, -0.2) is 35.2 Å². The van der Waals surface area contributed by atoms with Gasteiger partial charge in [-0.15, -0.1) is 0 Å². The van der Waals surface area contributed by atoms with Gasteiger partial charge in [-0.2, -0.15) is 0 Å². The first-order valence-corrected chi connectivity index (χ1v) is 10.4. The molecule has 3 aromatic rings. The molecule has 0 saturated heterocycles. The molecule has 8 heteroatoms. The molecule has 0 saturated carbocycles. The van der Waals surface area contributed by atoms with Gasteiger partial charge >= 0.3 is 11.9 Å². The summed E-state index contributed by atoms with van der Waals surface area (Å²) in [5.74, 6) is -1.95. The third-order valence-electron chi connectivity index (χ3n) is 4.74. The molecule has 0 aromatic heterocycles. The summed E-state index contributed by atoms with van der Waals surface area (Å²) in [6, 6.07) is 19.9. The Morgan fingerprint density at radius 3 is 2.38 bits per heavy atom. The van der Waals surface area contributed by atoms with Crippen LogP contribution in [0.1, 0.15) is 36.6 Å². The highest BCUT2D eigenvalue weighted by Crippen LogP contribution is 2.26. The van der Waals surface area contributed by atoms with Crippen molar-refractivity contribution in [2.75, 3.05) is 6.54 Å². The van der Waals surface area contributed by atoms with Crippen LogP contribution in [0.5, 0.6) is 5.75 Å². The topological polar surface area (TPSA) is 90.0 Å². The second kappa shape index (κ2) is 9.15. The van der Waals surface area contributed by atoms with Crippen molar-refractivity contribution in [3.63, 3.8) is 0 Å². The third kappa shape index (κ3) is 4.60. The lowest BCUT2D eigenvalue weighted by molar-refractivity contribution is -0.145. The first kappa shape index (κ1) is 21.5. The number of esters is 2. The van der Waals surface area contributed by atoms with Gasteiger partial charge in [0.25, 0.3) is 11.8 Å². The van der Waals surface area contributed by atoms with Crippen molar-refractivity contribution < 1.29 is 28.7 Å². The maximum atomic E-state index is 12.5. The van der Waals surface area contributed by atoms with Crippen molar-refractivity contribution in [1.29, 1.82) is 0 Å². The fraction of sp³-hybridized carbons (Fsp3) is 0.0833. The van der Waals surface area contributed by atoms with E-state index in [1.54, 1.807) is 60.7 Å². The Morgan fingerprint density at radius 1 is 0.844 bits per heavy atom. The van der Waals surface area contributed by atoms with E-state index in [0.29, 0.717) is 21.3 Å². The van der Waals surface area contributed by atoms with Crippen molar-refractivity contribution in [3.8, 4) is 5.75 Å². The fourth-order valence-corrected chi connectivity index (χ4v) is 3.55. The van der Waals surface area contributed by atoms with Gasteiger partial charge in [0.15, 0.2) is 0 Å². The van der Waals surface area contributed by atoms with Crippen LogP contribution < -0.4 is 4.74 Å². The quantitative estimate of drug-likeness (QED) is 0.292. The minimum Gasteiger partial charge on any atom is -0.459 e. The molecule has 160 valence electrons. The van der Waals surface area contributed by atoms with Gasteiger partial charge in [-0.1, -0.05) is 46.3 Å². The molecule has 0 aliphatic carbocycles. The summed E-state index contributed by atoms with van der Waals surface area (Å²) in [6.07, 6.45) is 0. The minimum absolute atomic E-state index is 0.125. The Kier molecular flexibility index (Phi) is 6.13. The second-order valence-corrected chi connectivity index (χ2v) is 7.87. The molecular formula is C24H16BrNO6. The SMILES string of the molecule is O=C(CN1C(=O)c2ccc(Br)cc2C1=O)OCc1cccc(C(=O)Oc2ccccc2)c1. The molecule has 32 heavy (non-hydrogen) atoms. The lowest BCUT2D eigenvalue weighted by Crippen LogP contribution is -2.35. The highest BCUT2D eigenvalue weighted by atomic mass is 79.9. The monoisotopic (exact) mass is 493 g/mol. The van der Waals surface area contributed by atoms with Crippen LogP contribution in [0.4, 0.5) is 0 Å². The van der Waals surface area contributed by atoms with Gasteiger partial charge in [0.2, 0.25) is 0 Å². The minimum atomic E-state index is -0.740. The molecule has 1 aliphatic heterocycles. The summed E-state index contributed by atoms with van der Waals surface area (Å²) in [6.45, 7) is -0.625.